The molecule has 2 N–H and O–H groups in total. The second kappa shape index (κ2) is 7.80. The summed E-state index contributed by atoms with van der Waals surface area (Å²) in [4.78, 5) is 14.2. The number of nitrogens with one attached hydrogen (secondary N) is 1. The predicted molar refractivity (Wildman–Crippen MR) is 96.7 cm³/mol. The van der Waals surface area contributed by atoms with Crippen LogP contribution in [0.2, 0.25) is 0 Å². The molecular weight excluding hydrogens is 371 g/mol. The third kappa shape index (κ3) is 4.55. The quantitative estimate of drug-likeness (QED) is 0.842. The lowest BCUT2D eigenvalue weighted by Gasteiger charge is -2.19. The molecular formula is C20H18F3N3O2. The number of phenols is 1. The van der Waals surface area contributed by atoms with Crippen LogP contribution in [-0.2, 0) is 17.4 Å². The van der Waals surface area contributed by atoms with Gasteiger partial charge < -0.3 is 15.3 Å². The predicted octanol–water partition coefficient (Wildman–Crippen LogP) is 3.22. The van der Waals surface area contributed by atoms with Crippen molar-refractivity contribution in [3.05, 3.63) is 59.2 Å². The molecule has 8 heteroatoms. The van der Waals surface area contributed by atoms with Gasteiger partial charge in [-0.3, -0.25) is 4.79 Å². The van der Waals surface area contributed by atoms with Crippen LogP contribution in [0.4, 0.5) is 18.9 Å². The summed E-state index contributed by atoms with van der Waals surface area (Å²) in [5.74, 6) is -0.343. The smallest absolute Gasteiger partial charge is 0.416 e. The molecule has 2 aromatic carbocycles. The molecule has 0 aliphatic carbocycles. The number of nitrogens with zero attached hydrogens (tertiary/aromatic N) is 2. The molecule has 0 bridgehead atoms. The van der Waals surface area contributed by atoms with Gasteiger partial charge in [0.1, 0.15) is 11.8 Å². The summed E-state index contributed by atoms with van der Waals surface area (Å²) in [6, 6.07) is 11.2. The van der Waals surface area contributed by atoms with E-state index in [1.165, 1.54) is 18.2 Å². The Balaban J connectivity index is 1.54. The minimum atomic E-state index is -4.39. The average Bonchev–Trinajstić information content (AvgIpc) is 3.09. The molecule has 0 spiro atoms. The van der Waals surface area contributed by atoms with Gasteiger partial charge in [0.05, 0.1) is 17.5 Å². The largest absolute Gasteiger partial charge is 0.506 e. The number of nitriles is 1. The van der Waals surface area contributed by atoms with Crippen LogP contribution in [0, 0.1) is 11.3 Å². The molecule has 1 heterocycles. The van der Waals surface area contributed by atoms with Crippen LogP contribution in [0.1, 0.15) is 23.1 Å². The molecule has 1 aliphatic rings. The molecule has 0 aromatic heterocycles. The number of carbonyl (C=O) groups is 1. The van der Waals surface area contributed by atoms with Gasteiger partial charge in [-0.25, -0.2) is 0 Å². The number of hydrogen-bond donors (Lipinski definition) is 2. The Labute approximate surface area is 160 Å². The van der Waals surface area contributed by atoms with Crippen LogP contribution in [-0.4, -0.2) is 30.1 Å². The maximum Gasteiger partial charge on any atom is 0.416 e. The zero-order valence-electron chi connectivity index (χ0n) is 14.8. The van der Waals surface area contributed by atoms with Crippen LogP contribution in [0.25, 0.3) is 0 Å². The van der Waals surface area contributed by atoms with Gasteiger partial charge in [-0.1, -0.05) is 12.1 Å². The lowest BCUT2D eigenvalue weighted by molar-refractivity contribution is -0.137. The first-order chi connectivity index (χ1) is 13.3. The Morgan fingerprint density at radius 2 is 1.96 bits per heavy atom. The molecule has 5 nitrogen and oxygen atoms in total. The molecule has 146 valence electrons. The van der Waals surface area contributed by atoms with Gasteiger partial charge >= 0.3 is 6.18 Å². The van der Waals surface area contributed by atoms with Crippen molar-refractivity contribution in [2.75, 3.05) is 18.0 Å². The molecule has 1 atom stereocenters. The standard InChI is InChI=1S/C20H18F3N3O2/c21-20(22,23)15-4-1-13(2-5-15)9-19(28)25-16-7-8-26(12-16)17-6-3-14(11-24)18(27)10-17/h1-6,10,16,27H,7-9,12H2,(H,25,28)/t16-/m1/s1. The number of phenolic OH excluding ortho intramolecular Hbond substituents is 1. The lowest BCUT2D eigenvalue weighted by Crippen LogP contribution is -2.38. The van der Waals surface area contributed by atoms with Crippen LogP contribution < -0.4 is 10.2 Å². The lowest BCUT2D eigenvalue weighted by atomic mass is 10.1. The molecule has 1 aliphatic heterocycles. The summed E-state index contributed by atoms with van der Waals surface area (Å²) in [6.45, 7) is 1.22. The monoisotopic (exact) mass is 389 g/mol. The number of hydrogen-bond acceptors (Lipinski definition) is 4. The fraction of sp³-hybridized carbons (Fsp3) is 0.300. The normalized spacial score (nSPS) is 16.6. The summed E-state index contributed by atoms with van der Waals surface area (Å²) in [6.07, 6.45) is -3.68. The van der Waals surface area contributed by atoms with E-state index in [0.717, 1.165) is 17.8 Å². The van der Waals surface area contributed by atoms with Gasteiger partial charge in [0, 0.05) is 30.9 Å². The van der Waals surface area contributed by atoms with E-state index in [1.807, 2.05) is 11.0 Å². The number of anilines is 1. The van der Waals surface area contributed by atoms with E-state index < -0.39 is 11.7 Å². The van der Waals surface area contributed by atoms with Gasteiger partial charge in [0.15, 0.2) is 0 Å². The maximum absolute atomic E-state index is 12.6. The van der Waals surface area contributed by atoms with Crippen molar-refractivity contribution in [3.63, 3.8) is 0 Å². The summed E-state index contributed by atoms with van der Waals surface area (Å²) >= 11 is 0. The summed E-state index contributed by atoms with van der Waals surface area (Å²) < 4.78 is 37.7. The van der Waals surface area contributed by atoms with E-state index in [0.29, 0.717) is 25.1 Å². The van der Waals surface area contributed by atoms with Gasteiger partial charge in [-0.2, -0.15) is 18.4 Å². The Kier molecular flexibility index (Phi) is 5.45. The molecule has 1 fully saturated rings. The summed E-state index contributed by atoms with van der Waals surface area (Å²) in [5, 5.41) is 21.6. The van der Waals surface area contributed by atoms with E-state index in [2.05, 4.69) is 5.32 Å². The van der Waals surface area contributed by atoms with E-state index in [1.54, 1.807) is 12.1 Å². The molecule has 28 heavy (non-hydrogen) atoms. The van der Waals surface area contributed by atoms with Crippen molar-refractivity contribution >= 4 is 11.6 Å². The molecule has 3 rings (SSSR count). The summed E-state index contributed by atoms with van der Waals surface area (Å²) in [5.41, 5.74) is 0.728. The van der Waals surface area contributed by atoms with Crippen LogP contribution in [0.5, 0.6) is 5.75 Å². The topological polar surface area (TPSA) is 76.4 Å². The molecule has 0 unspecified atom stereocenters. The number of halogens is 3. The highest BCUT2D eigenvalue weighted by atomic mass is 19.4. The third-order valence-corrected chi connectivity index (χ3v) is 4.67. The molecule has 0 saturated carbocycles. The minimum Gasteiger partial charge on any atom is -0.506 e. The number of benzene rings is 2. The highest BCUT2D eigenvalue weighted by Crippen LogP contribution is 2.29. The zero-order chi connectivity index (χ0) is 20.3. The zero-order valence-corrected chi connectivity index (χ0v) is 14.8. The second-order valence-corrected chi connectivity index (χ2v) is 6.68. The van der Waals surface area contributed by atoms with E-state index in [9.17, 15) is 23.1 Å². The fourth-order valence-electron chi connectivity index (χ4n) is 3.20. The Bertz CT molecular complexity index is 904. The second-order valence-electron chi connectivity index (χ2n) is 6.68. The van der Waals surface area contributed by atoms with E-state index in [4.69, 9.17) is 5.26 Å². The fourth-order valence-corrected chi connectivity index (χ4v) is 3.20. The van der Waals surface area contributed by atoms with Crippen molar-refractivity contribution in [1.29, 1.82) is 5.26 Å². The van der Waals surface area contributed by atoms with Crippen molar-refractivity contribution in [2.24, 2.45) is 0 Å². The van der Waals surface area contributed by atoms with E-state index >= 15 is 0 Å². The van der Waals surface area contributed by atoms with Crippen molar-refractivity contribution < 1.29 is 23.1 Å². The first-order valence-corrected chi connectivity index (χ1v) is 8.70. The van der Waals surface area contributed by atoms with Gasteiger partial charge in [0.2, 0.25) is 5.91 Å². The number of carbonyl (C=O) groups excluding carboxylic acids is 1. The number of alkyl halides is 3. The highest BCUT2D eigenvalue weighted by molar-refractivity contribution is 5.79. The van der Waals surface area contributed by atoms with Crippen LogP contribution >= 0.6 is 0 Å². The van der Waals surface area contributed by atoms with Crippen molar-refractivity contribution in [2.45, 2.75) is 25.1 Å². The van der Waals surface area contributed by atoms with Gasteiger partial charge in [0.25, 0.3) is 0 Å². The molecule has 1 amide bonds. The Morgan fingerprint density at radius 1 is 1.25 bits per heavy atom. The maximum atomic E-state index is 12.6. The number of amides is 1. The van der Waals surface area contributed by atoms with E-state index in [-0.39, 0.29) is 29.7 Å². The number of aromatic hydroxyl groups is 1. The van der Waals surface area contributed by atoms with Crippen molar-refractivity contribution in [1.82, 2.24) is 5.32 Å². The first-order valence-electron chi connectivity index (χ1n) is 8.70. The van der Waals surface area contributed by atoms with Gasteiger partial charge in [-0.05, 0) is 36.2 Å². The Hall–Kier alpha value is -3.21. The third-order valence-electron chi connectivity index (χ3n) is 4.67. The van der Waals surface area contributed by atoms with Crippen LogP contribution in [0.3, 0.4) is 0 Å². The highest BCUT2D eigenvalue weighted by Gasteiger charge is 2.30. The average molecular weight is 389 g/mol. The SMILES string of the molecule is N#Cc1ccc(N2CC[C@@H](NC(=O)Cc3ccc(C(F)(F)F)cc3)C2)cc1O. The molecule has 1 saturated heterocycles. The molecule has 0 radical (unpaired) electrons. The van der Waals surface area contributed by atoms with Gasteiger partial charge in [-0.15, -0.1) is 0 Å². The Morgan fingerprint density at radius 3 is 2.57 bits per heavy atom. The minimum absolute atomic E-state index is 0.00624. The summed E-state index contributed by atoms with van der Waals surface area (Å²) in [7, 11) is 0. The first kappa shape index (κ1) is 19.5. The number of rotatable bonds is 4. The molecule has 2 aromatic rings. The van der Waals surface area contributed by atoms with Crippen LogP contribution in [0.15, 0.2) is 42.5 Å². The van der Waals surface area contributed by atoms with Crippen molar-refractivity contribution in [3.8, 4) is 11.8 Å².